The molecule has 2 heterocycles. The molecule has 0 fully saturated rings. The molecule has 0 spiro atoms. The minimum absolute atomic E-state index is 0.123. The summed E-state index contributed by atoms with van der Waals surface area (Å²) >= 11 is 0. The van der Waals surface area contributed by atoms with Crippen LogP contribution < -0.4 is 0 Å². The van der Waals surface area contributed by atoms with Crippen LogP contribution in [-0.4, -0.2) is 9.97 Å². The Labute approximate surface area is 371 Å². The van der Waals surface area contributed by atoms with Crippen molar-refractivity contribution in [3.63, 3.8) is 0 Å². The molecule has 64 heavy (non-hydrogen) atoms. The van der Waals surface area contributed by atoms with Crippen LogP contribution in [-0.2, 0) is 5.41 Å². The molecule has 300 valence electrons. The van der Waals surface area contributed by atoms with Gasteiger partial charge >= 0.3 is 0 Å². The van der Waals surface area contributed by atoms with Gasteiger partial charge in [0.15, 0.2) is 5.82 Å². The monoisotopic (exact) mass is 816 g/mol. The van der Waals surface area contributed by atoms with Crippen LogP contribution in [0.2, 0.25) is 0 Å². The number of nitrogens with zero attached hydrogens (tertiary/aromatic N) is 2. The second-order valence-corrected chi connectivity index (χ2v) is 17.7. The quantitative estimate of drug-likeness (QED) is 0.174. The molecule has 12 aromatic rings. The molecule has 0 saturated heterocycles. The molecule has 0 atom stereocenters. The van der Waals surface area contributed by atoms with Crippen molar-refractivity contribution >= 4 is 54.3 Å². The summed E-state index contributed by atoms with van der Waals surface area (Å²) < 4.78 is 6.32. The largest absolute Gasteiger partial charge is 0.456 e. The number of aromatic nitrogens is 2. The summed E-state index contributed by atoms with van der Waals surface area (Å²) in [4.78, 5) is 10.5. The summed E-state index contributed by atoms with van der Waals surface area (Å²) in [5.41, 5.74) is 16.7. The van der Waals surface area contributed by atoms with Crippen LogP contribution in [0.1, 0.15) is 25.0 Å². The third-order valence-electron chi connectivity index (χ3n) is 13.7. The molecule has 0 bridgehead atoms. The minimum Gasteiger partial charge on any atom is -0.456 e. The van der Waals surface area contributed by atoms with Gasteiger partial charge in [0.25, 0.3) is 0 Å². The Morgan fingerprint density at radius 3 is 1.73 bits per heavy atom. The number of fused-ring (bicyclic) bond motifs is 9. The van der Waals surface area contributed by atoms with E-state index < -0.39 is 0 Å². The van der Waals surface area contributed by atoms with Crippen molar-refractivity contribution in [1.82, 2.24) is 9.97 Å². The summed E-state index contributed by atoms with van der Waals surface area (Å²) in [6.07, 6.45) is 0. The zero-order chi connectivity index (χ0) is 42.5. The average Bonchev–Trinajstić information content (AvgIpc) is 3.82. The van der Waals surface area contributed by atoms with Crippen LogP contribution in [0.5, 0.6) is 0 Å². The number of hydrogen-bond donors (Lipinski definition) is 0. The predicted molar refractivity (Wildman–Crippen MR) is 267 cm³/mol. The van der Waals surface area contributed by atoms with E-state index in [9.17, 15) is 0 Å². The Morgan fingerprint density at radius 2 is 0.953 bits per heavy atom. The van der Waals surface area contributed by atoms with E-state index in [1.807, 2.05) is 18.2 Å². The molecule has 0 N–H and O–H groups in total. The van der Waals surface area contributed by atoms with Crippen LogP contribution in [0, 0.1) is 0 Å². The lowest BCUT2D eigenvalue weighted by Gasteiger charge is -2.22. The zero-order valence-electron chi connectivity index (χ0n) is 35.4. The van der Waals surface area contributed by atoms with Gasteiger partial charge in [-0.2, -0.15) is 0 Å². The lowest BCUT2D eigenvalue weighted by Crippen LogP contribution is -2.14. The van der Waals surface area contributed by atoms with Crippen LogP contribution >= 0.6 is 0 Å². The first-order valence-electron chi connectivity index (χ1n) is 22.0. The van der Waals surface area contributed by atoms with Crippen LogP contribution in [0.15, 0.2) is 211 Å². The van der Waals surface area contributed by atoms with E-state index in [0.29, 0.717) is 5.82 Å². The van der Waals surface area contributed by atoms with Crippen LogP contribution in [0.25, 0.3) is 122 Å². The number of furan rings is 1. The summed E-state index contributed by atoms with van der Waals surface area (Å²) in [7, 11) is 0. The fourth-order valence-corrected chi connectivity index (χ4v) is 10.4. The minimum atomic E-state index is -0.123. The third-order valence-corrected chi connectivity index (χ3v) is 13.7. The average molecular weight is 817 g/mol. The van der Waals surface area contributed by atoms with E-state index in [4.69, 9.17) is 14.4 Å². The van der Waals surface area contributed by atoms with E-state index >= 15 is 0 Å². The highest BCUT2D eigenvalue weighted by Crippen LogP contribution is 2.54. The molecule has 0 amide bonds. The Morgan fingerprint density at radius 1 is 0.344 bits per heavy atom. The van der Waals surface area contributed by atoms with Gasteiger partial charge in [-0.15, -0.1) is 0 Å². The molecule has 13 rings (SSSR count). The van der Waals surface area contributed by atoms with E-state index in [-0.39, 0.29) is 5.41 Å². The highest BCUT2D eigenvalue weighted by atomic mass is 16.3. The maximum absolute atomic E-state index is 6.32. The van der Waals surface area contributed by atoms with Crippen molar-refractivity contribution < 1.29 is 4.42 Å². The van der Waals surface area contributed by atoms with Gasteiger partial charge in [0.05, 0.1) is 11.4 Å². The Hall–Kier alpha value is -8.14. The molecule has 0 radical (unpaired) electrons. The second kappa shape index (κ2) is 13.9. The van der Waals surface area contributed by atoms with Gasteiger partial charge in [-0.1, -0.05) is 178 Å². The number of rotatable bonds is 5. The zero-order valence-corrected chi connectivity index (χ0v) is 35.4. The first kappa shape index (κ1) is 36.5. The van der Waals surface area contributed by atoms with E-state index in [0.717, 1.165) is 66.5 Å². The lowest BCUT2D eigenvalue weighted by atomic mass is 9.81. The molecular weight excluding hydrogens is 777 g/mol. The van der Waals surface area contributed by atoms with Crippen LogP contribution in [0.3, 0.4) is 0 Å². The maximum atomic E-state index is 6.32. The maximum Gasteiger partial charge on any atom is 0.160 e. The van der Waals surface area contributed by atoms with Crippen molar-refractivity contribution in [3.8, 4) is 67.3 Å². The summed E-state index contributed by atoms with van der Waals surface area (Å²) in [5, 5.41) is 9.53. The predicted octanol–water partition coefficient (Wildman–Crippen LogP) is 16.5. The third kappa shape index (κ3) is 5.67. The molecule has 1 aliphatic carbocycles. The second-order valence-electron chi connectivity index (χ2n) is 17.7. The van der Waals surface area contributed by atoms with Crippen molar-refractivity contribution in [3.05, 3.63) is 217 Å². The van der Waals surface area contributed by atoms with Gasteiger partial charge < -0.3 is 4.42 Å². The Balaban J connectivity index is 0.925. The standard InChI is InChI=1S/C61H40N2O/c1-61(2)53-22-12-21-49(59(53)52-33-41-16-6-8-17-42(41)34-54(52)61)47-28-29-48(46-20-11-10-19-45(46)47)56-36-55(62-60(63-56)39-13-4-3-5-14-39)38-25-23-37(24-26-38)44-27-30-57-50(32-44)51-31-40-15-7-9-18-43(40)35-58(51)64-57/h3-36H,1-2H3. The van der Waals surface area contributed by atoms with E-state index in [2.05, 4.69) is 202 Å². The molecule has 2 aromatic heterocycles. The van der Waals surface area contributed by atoms with Gasteiger partial charge in [-0.3, -0.25) is 0 Å². The Bertz CT molecular complexity index is 3860. The van der Waals surface area contributed by atoms with Gasteiger partial charge in [0.1, 0.15) is 11.2 Å². The van der Waals surface area contributed by atoms with Crippen molar-refractivity contribution in [1.29, 1.82) is 0 Å². The van der Waals surface area contributed by atoms with Crippen molar-refractivity contribution in [2.24, 2.45) is 0 Å². The first-order chi connectivity index (χ1) is 31.4. The molecule has 3 nitrogen and oxygen atoms in total. The smallest absolute Gasteiger partial charge is 0.160 e. The Kier molecular flexibility index (Phi) is 7.95. The highest BCUT2D eigenvalue weighted by molar-refractivity contribution is 6.11. The molecule has 0 aliphatic heterocycles. The number of hydrogen-bond acceptors (Lipinski definition) is 3. The normalized spacial score (nSPS) is 13.0. The van der Waals surface area contributed by atoms with Crippen molar-refractivity contribution in [2.75, 3.05) is 0 Å². The lowest BCUT2D eigenvalue weighted by molar-refractivity contribution is 0.661. The van der Waals surface area contributed by atoms with Gasteiger partial charge in [0.2, 0.25) is 0 Å². The summed E-state index contributed by atoms with van der Waals surface area (Å²) in [6, 6.07) is 74.3. The number of benzene rings is 10. The fraction of sp³-hybridized carbons (Fsp3) is 0.0492. The van der Waals surface area contributed by atoms with Gasteiger partial charge in [-0.25, -0.2) is 9.97 Å². The molecule has 1 aliphatic rings. The molecule has 3 heteroatoms. The molecule has 0 saturated carbocycles. The highest BCUT2D eigenvalue weighted by Gasteiger charge is 2.37. The van der Waals surface area contributed by atoms with Crippen LogP contribution in [0.4, 0.5) is 0 Å². The SMILES string of the molecule is CC1(C)c2cc3ccccc3cc2-c2c(-c3ccc(-c4cc(-c5ccc(-c6ccc7oc8cc9ccccc9cc8c7c6)cc5)nc(-c5ccccc5)n4)c4ccccc34)cccc21. The topological polar surface area (TPSA) is 38.9 Å². The van der Waals surface area contributed by atoms with Crippen molar-refractivity contribution in [2.45, 2.75) is 19.3 Å². The first-order valence-corrected chi connectivity index (χ1v) is 22.0. The van der Waals surface area contributed by atoms with E-state index in [1.54, 1.807) is 0 Å². The van der Waals surface area contributed by atoms with E-state index in [1.165, 1.54) is 60.3 Å². The summed E-state index contributed by atoms with van der Waals surface area (Å²) in [5.74, 6) is 0.696. The molecular formula is C61H40N2O. The molecule has 10 aromatic carbocycles. The van der Waals surface area contributed by atoms with Gasteiger partial charge in [-0.05, 0) is 119 Å². The molecule has 0 unspecified atom stereocenters. The fourth-order valence-electron chi connectivity index (χ4n) is 10.4. The summed E-state index contributed by atoms with van der Waals surface area (Å²) in [6.45, 7) is 4.73. The van der Waals surface area contributed by atoms with Gasteiger partial charge in [0, 0.05) is 32.9 Å².